The van der Waals surface area contributed by atoms with Crippen LogP contribution in [0.25, 0.3) is 0 Å². The average Bonchev–Trinajstić information content (AvgIpc) is 2.86. The van der Waals surface area contributed by atoms with Crippen LogP contribution in [0.2, 0.25) is 0 Å². The molecule has 0 spiro atoms. The van der Waals surface area contributed by atoms with Gasteiger partial charge in [0.05, 0.1) is 19.8 Å². The minimum Gasteiger partial charge on any atom is -0.497 e. The van der Waals surface area contributed by atoms with Crippen molar-refractivity contribution in [3.63, 3.8) is 0 Å². The molecule has 18 heavy (non-hydrogen) atoms. The molecule has 0 bridgehead atoms. The molecule has 2 N–H and O–H groups in total. The summed E-state index contributed by atoms with van der Waals surface area (Å²) in [6, 6.07) is 7.70. The maximum atomic E-state index is 10.2. The van der Waals surface area contributed by atoms with Crippen molar-refractivity contribution in [2.75, 3.05) is 26.8 Å². The van der Waals surface area contributed by atoms with E-state index in [0.29, 0.717) is 6.54 Å². The Balaban J connectivity index is 2.00. The minimum absolute atomic E-state index is 0.171. The van der Waals surface area contributed by atoms with E-state index < -0.39 is 6.10 Å². The number of hydrogen-bond donors (Lipinski definition) is 2. The number of aliphatic hydroxyl groups is 2. The molecule has 0 aliphatic carbocycles. The van der Waals surface area contributed by atoms with Crippen LogP contribution in [0.1, 0.15) is 24.5 Å². The molecule has 1 aromatic rings. The molecule has 100 valence electrons. The number of rotatable bonds is 5. The summed E-state index contributed by atoms with van der Waals surface area (Å²) in [5.74, 6) is 0.756. The molecule has 4 nitrogen and oxygen atoms in total. The van der Waals surface area contributed by atoms with E-state index in [9.17, 15) is 10.2 Å². The molecule has 0 aromatic heterocycles. The Kier molecular flexibility index (Phi) is 4.58. The second-order valence-electron chi connectivity index (χ2n) is 4.77. The second kappa shape index (κ2) is 6.18. The molecule has 2 unspecified atom stereocenters. The van der Waals surface area contributed by atoms with Crippen molar-refractivity contribution in [1.82, 2.24) is 4.90 Å². The standard InChI is InChI=1S/C14H21NO3/c1-18-13-6-2-4-11(8-13)14(17)9-15-7-3-5-12(15)10-16/h2,4,6,8,12,14,16-17H,3,5,7,9-10H2,1H3. The lowest BCUT2D eigenvalue weighted by atomic mass is 10.1. The van der Waals surface area contributed by atoms with Crippen LogP contribution in [0, 0.1) is 0 Å². The molecule has 0 amide bonds. The topological polar surface area (TPSA) is 52.9 Å². The maximum Gasteiger partial charge on any atom is 0.119 e. The van der Waals surface area contributed by atoms with Crippen molar-refractivity contribution >= 4 is 0 Å². The fourth-order valence-corrected chi connectivity index (χ4v) is 2.52. The highest BCUT2D eigenvalue weighted by atomic mass is 16.5. The summed E-state index contributed by atoms with van der Waals surface area (Å²) in [7, 11) is 1.62. The van der Waals surface area contributed by atoms with E-state index in [1.165, 1.54) is 0 Å². The van der Waals surface area contributed by atoms with E-state index in [0.717, 1.165) is 30.7 Å². The first-order valence-electron chi connectivity index (χ1n) is 6.41. The molecule has 1 fully saturated rings. The Morgan fingerprint density at radius 2 is 2.33 bits per heavy atom. The van der Waals surface area contributed by atoms with E-state index >= 15 is 0 Å². The molecule has 1 aliphatic rings. The van der Waals surface area contributed by atoms with Crippen LogP contribution in [0.3, 0.4) is 0 Å². The number of hydrogen-bond acceptors (Lipinski definition) is 4. The summed E-state index contributed by atoms with van der Waals surface area (Å²) in [4.78, 5) is 2.16. The lowest BCUT2D eigenvalue weighted by molar-refractivity contribution is 0.0849. The van der Waals surface area contributed by atoms with Crippen molar-refractivity contribution in [2.24, 2.45) is 0 Å². The highest BCUT2D eigenvalue weighted by Crippen LogP contribution is 2.23. The van der Waals surface area contributed by atoms with Gasteiger partial charge in [-0.05, 0) is 37.1 Å². The molecule has 0 radical (unpaired) electrons. The number of β-amino-alcohol motifs (C(OH)–C–C–N with tert-alkyl or cyclic N) is 1. The summed E-state index contributed by atoms with van der Waals surface area (Å²) in [6.45, 7) is 1.69. The molecular weight excluding hydrogens is 230 g/mol. The van der Waals surface area contributed by atoms with Gasteiger partial charge in [-0.1, -0.05) is 12.1 Å². The van der Waals surface area contributed by atoms with E-state index in [1.807, 2.05) is 24.3 Å². The number of ether oxygens (including phenoxy) is 1. The first-order valence-corrected chi connectivity index (χ1v) is 6.41. The van der Waals surface area contributed by atoms with Crippen molar-refractivity contribution < 1.29 is 14.9 Å². The third-order valence-corrected chi connectivity index (χ3v) is 3.60. The monoisotopic (exact) mass is 251 g/mol. The number of aliphatic hydroxyl groups excluding tert-OH is 2. The largest absolute Gasteiger partial charge is 0.497 e. The summed E-state index contributed by atoms with van der Waals surface area (Å²) in [6.07, 6.45) is 1.57. The fourth-order valence-electron chi connectivity index (χ4n) is 2.52. The van der Waals surface area contributed by atoms with Gasteiger partial charge in [0, 0.05) is 12.6 Å². The molecular formula is C14H21NO3. The zero-order valence-electron chi connectivity index (χ0n) is 10.7. The zero-order valence-corrected chi connectivity index (χ0v) is 10.7. The van der Waals surface area contributed by atoms with Gasteiger partial charge in [0.2, 0.25) is 0 Å². The van der Waals surface area contributed by atoms with Gasteiger partial charge < -0.3 is 14.9 Å². The van der Waals surface area contributed by atoms with Crippen LogP contribution >= 0.6 is 0 Å². The van der Waals surface area contributed by atoms with Crippen molar-refractivity contribution in [1.29, 1.82) is 0 Å². The Hall–Kier alpha value is -1.10. The Bertz CT molecular complexity index is 383. The highest BCUT2D eigenvalue weighted by molar-refractivity contribution is 5.29. The number of methoxy groups -OCH3 is 1. The minimum atomic E-state index is -0.535. The summed E-state index contributed by atoms with van der Waals surface area (Å²) < 4.78 is 5.15. The molecule has 1 aliphatic heterocycles. The van der Waals surface area contributed by atoms with Crippen LogP contribution in [0.4, 0.5) is 0 Å². The van der Waals surface area contributed by atoms with Gasteiger partial charge in [-0.2, -0.15) is 0 Å². The van der Waals surface area contributed by atoms with E-state index in [2.05, 4.69) is 4.90 Å². The SMILES string of the molecule is COc1cccc(C(O)CN2CCCC2CO)c1. The van der Waals surface area contributed by atoms with Crippen molar-refractivity contribution in [3.8, 4) is 5.75 Å². The summed E-state index contributed by atoms with van der Waals surface area (Å²) in [5, 5.41) is 19.5. The molecule has 4 heteroatoms. The van der Waals surface area contributed by atoms with Crippen LogP contribution in [-0.4, -0.2) is 48.0 Å². The quantitative estimate of drug-likeness (QED) is 0.825. The third kappa shape index (κ3) is 3.02. The number of likely N-dealkylation sites (tertiary alicyclic amines) is 1. The molecule has 0 saturated carbocycles. The van der Waals surface area contributed by atoms with E-state index in [4.69, 9.17) is 4.74 Å². The van der Waals surface area contributed by atoms with Gasteiger partial charge in [0.25, 0.3) is 0 Å². The number of benzene rings is 1. The first kappa shape index (κ1) is 13.3. The molecule has 1 heterocycles. The van der Waals surface area contributed by atoms with E-state index in [1.54, 1.807) is 7.11 Å². The lowest BCUT2D eigenvalue weighted by Gasteiger charge is -2.25. The van der Waals surface area contributed by atoms with E-state index in [-0.39, 0.29) is 12.6 Å². The van der Waals surface area contributed by atoms with Gasteiger partial charge in [0.15, 0.2) is 0 Å². The molecule has 1 saturated heterocycles. The molecule has 2 rings (SSSR count). The lowest BCUT2D eigenvalue weighted by Crippen LogP contribution is -2.35. The Morgan fingerprint density at radius 3 is 3.06 bits per heavy atom. The van der Waals surface area contributed by atoms with Crippen LogP contribution in [0.5, 0.6) is 5.75 Å². The van der Waals surface area contributed by atoms with Gasteiger partial charge >= 0.3 is 0 Å². The Labute approximate surface area is 108 Å². The van der Waals surface area contributed by atoms with Gasteiger partial charge in [-0.25, -0.2) is 0 Å². The average molecular weight is 251 g/mol. The normalized spacial score (nSPS) is 22.1. The maximum absolute atomic E-state index is 10.2. The first-order chi connectivity index (χ1) is 8.74. The van der Waals surface area contributed by atoms with Crippen LogP contribution < -0.4 is 4.74 Å². The highest BCUT2D eigenvalue weighted by Gasteiger charge is 2.25. The number of nitrogens with zero attached hydrogens (tertiary/aromatic N) is 1. The van der Waals surface area contributed by atoms with Crippen molar-refractivity contribution in [2.45, 2.75) is 25.0 Å². The summed E-state index contributed by atoms with van der Waals surface area (Å²) >= 11 is 0. The van der Waals surface area contributed by atoms with Crippen LogP contribution in [0.15, 0.2) is 24.3 Å². The van der Waals surface area contributed by atoms with Gasteiger partial charge in [-0.3, -0.25) is 4.90 Å². The van der Waals surface area contributed by atoms with Gasteiger partial charge in [-0.15, -0.1) is 0 Å². The Morgan fingerprint density at radius 1 is 1.50 bits per heavy atom. The predicted molar refractivity (Wildman–Crippen MR) is 69.6 cm³/mol. The predicted octanol–water partition coefficient (Wildman–Crippen LogP) is 1.19. The second-order valence-corrected chi connectivity index (χ2v) is 4.77. The third-order valence-electron chi connectivity index (χ3n) is 3.60. The summed E-state index contributed by atoms with van der Waals surface area (Å²) in [5.41, 5.74) is 0.859. The molecule has 2 atom stereocenters. The van der Waals surface area contributed by atoms with Crippen LogP contribution in [-0.2, 0) is 0 Å². The van der Waals surface area contributed by atoms with Crippen molar-refractivity contribution in [3.05, 3.63) is 29.8 Å². The zero-order chi connectivity index (χ0) is 13.0. The van der Waals surface area contributed by atoms with Gasteiger partial charge in [0.1, 0.15) is 5.75 Å². The smallest absolute Gasteiger partial charge is 0.119 e. The molecule has 1 aromatic carbocycles. The fraction of sp³-hybridized carbons (Fsp3) is 0.571.